The van der Waals surface area contributed by atoms with Crippen molar-refractivity contribution in [1.82, 2.24) is 15.2 Å². The Kier molecular flexibility index (Phi) is 5.75. The van der Waals surface area contributed by atoms with E-state index in [2.05, 4.69) is 10.3 Å². The van der Waals surface area contributed by atoms with Crippen molar-refractivity contribution in [3.05, 3.63) is 70.0 Å². The number of carbonyl (C=O) groups is 2. The molecule has 0 bridgehead atoms. The number of likely N-dealkylation sites (tertiary alicyclic amines) is 1. The van der Waals surface area contributed by atoms with Crippen molar-refractivity contribution < 1.29 is 14.5 Å². The molecule has 0 spiro atoms. The highest BCUT2D eigenvalue weighted by Crippen LogP contribution is 2.19. The van der Waals surface area contributed by atoms with Gasteiger partial charge in [-0.1, -0.05) is 0 Å². The van der Waals surface area contributed by atoms with E-state index in [-0.39, 0.29) is 17.5 Å². The van der Waals surface area contributed by atoms with Crippen LogP contribution in [0.25, 0.3) is 0 Å². The topological polar surface area (TPSA) is 105 Å². The van der Waals surface area contributed by atoms with Crippen molar-refractivity contribution in [2.24, 2.45) is 5.92 Å². The average Bonchev–Trinajstić information content (AvgIpc) is 2.72. The average molecular weight is 368 g/mol. The predicted molar refractivity (Wildman–Crippen MR) is 98.3 cm³/mol. The number of non-ortho nitro benzene ring substituents is 1. The Morgan fingerprint density at radius 2 is 1.70 bits per heavy atom. The fraction of sp³-hybridized carbons (Fsp3) is 0.316. The number of nitrogens with zero attached hydrogens (tertiary/aromatic N) is 3. The van der Waals surface area contributed by atoms with Crippen molar-refractivity contribution in [2.75, 3.05) is 19.6 Å². The zero-order valence-electron chi connectivity index (χ0n) is 14.7. The van der Waals surface area contributed by atoms with E-state index >= 15 is 0 Å². The first-order valence-corrected chi connectivity index (χ1v) is 8.76. The maximum absolute atomic E-state index is 12.4. The summed E-state index contributed by atoms with van der Waals surface area (Å²) in [5, 5.41) is 13.5. The Bertz CT molecular complexity index is 815. The summed E-state index contributed by atoms with van der Waals surface area (Å²) in [6, 6.07) is 8.95. The van der Waals surface area contributed by atoms with Gasteiger partial charge in [-0.2, -0.15) is 0 Å². The number of nitro benzene ring substituents is 1. The number of carbonyl (C=O) groups excluding carboxylic acids is 2. The minimum atomic E-state index is -0.497. The summed E-state index contributed by atoms with van der Waals surface area (Å²) in [5.41, 5.74) is 0.985. The molecule has 0 aliphatic carbocycles. The van der Waals surface area contributed by atoms with Crippen molar-refractivity contribution in [1.29, 1.82) is 0 Å². The van der Waals surface area contributed by atoms with E-state index in [9.17, 15) is 19.7 Å². The van der Waals surface area contributed by atoms with Crippen LogP contribution in [0.4, 0.5) is 5.69 Å². The fourth-order valence-corrected chi connectivity index (χ4v) is 3.09. The van der Waals surface area contributed by atoms with Crippen LogP contribution in [0.1, 0.15) is 33.6 Å². The summed E-state index contributed by atoms with van der Waals surface area (Å²) in [7, 11) is 0. The molecule has 0 saturated carbocycles. The molecule has 2 aromatic rings. The highest BCUT2D eigenvalue weighted by molar-refractivity contribution is 5.94. The minimum absolute atomic E-state index is 0.00534. The van der Waals surface area contributed by atoms with Crippen LogP contribution in [0.2, 0.25) is 0 Å². The van der Waals surface area contributed by atoms with E-state index in [4.69, 9.17) is 0 Å². The lowest BCUT2D eigenvalue weighted by Gasteiger charge is -2.32. The number of aromatic nitrogens is 1. The maximum Gasteiger partial charge on any atom is 0.269 e. The number of nitro groups is 1. The van der Waals surface area contributed by atoms with Gasteiger partial charge < -0.3 is 10.2 Å². The van der Waals surface area contributed by atoms with Gasteiger partial charge in [-0.25, -0.2) is 0 Å². The van der Waals surface area contributed by atoms with Gasteiger partial charge in [0.15, 0.2) is 0 Å². The van der Waals surface area contributed by atoms with Gasteiger partial charge in [0.25, 0.3) is 17.5 Å². The van der Waals surface area contributed by atoms with E-state index in [1.807, 2.05) is 4.90 Å². The maximum atomic E-state index is 12.4. The summed E-state index contributed by atoms with van der Waals surface area (Å²) in [5.74, 6) is 0.0550. The molecular weight excluding hydrogens is 348 g/mol. The van der Waals surface area contributed by atoms with Crippen LogP contribution in [0, 0.1) is 16.0 Å². The predicted octanol–water partition coefficient (Wildman–Crippen LogP) is 2.27. The third kappa shape index (κ3) is 4.66. The molecule has 2 amide bonds. The summed E-state index contributed by atoms with van der Waals surface area (Å²) >= 11 is 0. The molecule has 0 atom stereocenters. The van der Waals surface area contributed by atoms with Crippen molar-refractivity contribution >= 4 is 17.5 Å². The van der Waals surface area contributed by atoms with Crippen LogP contribution in [0.15, 0.2) is 48.8 Å². The number of hydrogen-bond acceptors (Lipinski definition) is 5. The second-order valence-electron chi connectivity index (χ2n) is 6.49. The summed E-state index contributed by atoms with van der Waals surface area (Å²) in [6.45, 7) is 1.82. The first-order valence-electron chi connectivity index (χ1n) is 8.76. The van der Waals surface area contributed by atoms with Crippen molar-refractivity contribution in [2.45, 2.75) is 12.8 Å². The van der Waals surface area contributed by atoms with Gasteiger partial charge in [0.1, 0.15) is 0 Å². The van der Waals surface area contributed by atoms with Crippen molar-refractivity contribution in [3.8, 4) is 0 Å². The molecule has 1 saturated heterocycles. The zero-order valence-corrected chi connectivity index (χ0v) is 14.7. The number of pyridine rings is 1. The molecule has 0 unspecified atom stereocenters. The van der Waals surface area contributed by atoms with Crippen LogP contribution in [0.3, 0.4) is 0 Å². The Hall–Kier alpha value is -3.29. The number of hydrogen-bond donors (Lipinski definition) is 1. The van der Waals surface area contributed by atoms with E-state index in [0.29, 0.717) is 36.7 Å². The van der Waals surface area contributed by atoms with Crippen LogP contribution >= 0.6 is 0 Å². The van der Waals surface area contributed by atoms with Crippen LogP contribution in [-0.2, 0) is 0 Å². The molecule has 8 heteroatoms. The SMILES string of the molecule is O=C(NCC1CCN(C(=O)c2ccncc2)CC1)c1ccc([N+](=O)[O-])cc1. The Morgan fingerprint density at radius 3 is 2.30 bits per heavy atom. The number of amides is 2. The molecule has 3 rings (SSSR count). The van der Waals surface area contributed by atoms with E-state index in [1.54, 1.807) is 24.5 Å². The lowest BCUT2D eigenvalue weighted by atomic mass is 9.96. The molecule has 1 aromatic heterocycles. The van der Waals surface area contributed by atoms with Gasteiger partial charge in [-0.3, -0.25) is 24.7 Å². The second-order valence-corrected chi connectivity index (χ2v) is 6.49. The summed E-state index contributed by atoms with van der Waals surface area (Å²) < 4.78 is 0. The molecule has 1 aliphatic heterocycles. The smallest absolute Gasteiger partial charge is 0.269 e. The standard InChI is InChI=1S/C19H20N4O4/c24-18(15-1-3-17(4-2-15)23(26)27)21-13-14-7-11-22(12-8-14)19(25)16-5-9-20-10-6-16/h1-6,9-10,14H,7-8,11-13H2,(H,21,24). The van der Waals surface area contributed by atoms with Crippen LogP contribution in [0.5, 0.6) is 0 Å². The lowest BCUT2D eigenvalue weighted by Crippen LogP contribution is -2.41. The van der Waals surface area contributed by atoms with Gasteiger partial charge in [-0.15, -0.1) is 0 Å². The van der Waals surface area contributed by atoms with E-state index in [0.717, 1.165) is 12.8 Å². The first kappa shape index (κ1) is 18.5. The first-order chi connectivity index (χ1) is 13.0. The Morgan fingerprint density at radius 1 is 1.07 bits per heavy atom. The zero-order chi connectivity index (χ0) is 19.2. The molecule has 1 aromatic carbocycles. The molecule has 1 N–H and O–H groups in total. The number of rotatable bonds is 5. The van der Waals surface area contributed by atoms with Gasteiger partial charge in [-0.05, 0) is 43.0 Å². The second kappa shape index (κ2) is 8.39. The third-order valence-corrected chi connectivity index (χ3v) is 4.72. The third-order valence-electron chi connectivity index (χ3n) is 4.72. The van der Waals surface area contributed by atoms with Crippen LogP contribution in [-0.4, -0.2) is 46.3 Å². The van der Waals surface area contributed by atoms with E-state index in [1.165, 1.54) is 24.3 Å². The number of nitrogens with one attached hydrogen (secondary N) is 1. The lowest BCUT2D eigenvalue weighted by molar-refractivity contribution is -0.384. The number of benzene rings is 1. The summed E-state index contributed by atoms with van der Waals surface area (Å²) in [6.07, 6.45) is 4.84. The quantitative estimate of drug-likeness (QED) is 0.644. The normalized spacial score (nSPS) is 14.6. The molecule has 1 aliphatic rings. The molecular formula is C19H20N4O4. The highest BCUT2D eigenvalue weighted by Gasteiger charge is 2.24. The summed E-state index contributed by atoms with van der Waals surface area (Å²) in [4.78, 5) is 40.5. The minimum Gasteiger partial charge on any atom is -0.352 e. The Labute approximate surface area is 156 Å². The monoisotopic (exact) mass is 368 g/mol. The Balaban J connectivity index is 1.46. The van der Waals surface area contributed by atoms with E-state index < -0.39 is 4.92 Å². The highest BCUT2D eigenvalue weighted by atomic mass is 16.6. The molecule has 1 fully saturated rings. The molecule has 140 valence electrons. The molecule has 0 radical (unpaired) electrons. The van der Waals surface area contributed by atoms with Crippen LogP contribution < -0.4 is 5.32 Å². The van der Waals surface area contributed by atoms with Crippen molar-refractivity contribution in [3.63, 3.8) is 0 Å². The van der Waals surface area contributed by atoms with Gasteiger partial charge in [0, 0.05) is 55.3 Å². The molecule has 2 heterocycles. The molecule has 8 nitrogen and oxygen atoms in total. The van der Waals surface area contributed by atoms with Gasteiger partial charge in [0.05, 0.1) is 4.92 Å². The van der Waals surface area contributed by atoms with Gasteiger partial charge in [0.2, 0.25) is 0 Å². The van der Waals surface area contributed by atoms with Gasteiger partial charge >= 0.3 is 0 Å². The largest absolute Gasteiger partial charge is 0.352 e. The fourth-order valence-electron chi connectivity index (χ4n) is 3.09. The number of piperidine rings is 1. The molecule has 27 heavy (non-hydrogen) atoms.